The molecule has 0 amide bonds. The minimum atomic E-state index is -5.66. The van der Waals surface area contributed by atoms with E-state index in [0.717, 1.165) is 0 Å². The van der Waals surface area contributed by atoms with Crippen LogP contribution in [0.3, 0.4) is 0 Å². The fourth-order valence-electron chi connectivity index (χ4n) is 0. The van der Waals surface area contributed by atoms with E-state index in [1.807, 2.05) is 0 Å². The average molecular weight is 570 g/mol. The van der Waals surface area contributed by atoms with Crippen molar-refractivity contribution in [3.05, 3.63) is 0 Å². The Labute approximate surface area is 255 Å². The molecule has 0 rings (SSSR count). The number of rotatable bonds is 0. The van der Waals surface area contributed by atoms with E-state index in [0.29, 0.717) is 0 Å². The molecule has 0 aromatic rings. The Morgan fingerprint density at radius 3 is 0.455 bits per heavy atom. The molecule has 0 aliphatic heterocycles. The van der Waals surface area contributed by atoms with Crippen LogP contribution in [-0.4, -0.2) is 0 Å². The van der Waals surface area contributed by atoms with E-state index in [-0.39, 0.29) is 206 Å². The van der Waals surface area contributed by atoms with E-state index in [1.165, 1.54) is 0 Å². The van der Waals surface area contributed by atoms with Gasteiger partial charge < -0.3 is 0 Å². The summed E-state index contributed by atoms with van der Waals surface area (Å²) in [7, 11) is 24.9. The van der Waals surface area contributed by atoms with Crippen molar-refractivity contribution < 1.29 is 217 Å². The predicted molar refractivity (Wildman–Crippen MR) is 35.1 cm³/mol. The van der Waals surface area contributed by atoms with Gasteiger partial charge in [-0.2, -0.15) is 0 Å². The number of halogens is 6. The van der Waals surface area contributed by atoms with Crippen molar-refractivity contribution in [2.45, 2.75) is 0 Å². The summed E-state index contributed by atoms with van der Waals surface area (Å²) in [6, 6.07) is 0. The second kappa shape index (κ2) is 10.9. The summed E-state index contributed by atoms with van der Waals surface area (Å²) in [6.07, 6.45) is 0. The Bertz CT molecular complexity index is 73.1. The van der Waals surface area contributed by atoms with Crippen LogP contribution in [0, 0.1) is 0 Å². The van der Waals surface area contributed by atoms with Crippen molar-refractivity contribution in [3.8, 4) is 0 Å². The Morgan fingerprint density at radius 2 is 0.455 bits per heavy atom. The molecule has 0 unspecified atom stereocenters. The molecule has 0 saturated heterocycles. The average Bonchev–Trinajstić information content (AvgIpc) is 0.592. The van der Waals surface area contributed by atoms with Gasteiger partial charge >= 0.3 is 266 Å². The first-order valence-electron chi connectivity index (χ1n) is 1.60. The van der Waals surface area contributed by atoms with Crippen molar-refractivity contribution in [1.82, 2.24) is 0 Å². The van der Waals surface area contributed by atoms with Gasteiger partial charge in [0.1, 0.15) is 0 Å². The molecule has 0 aromatic heterocycles. The van der Waals surface area contributed by atoms with Crippen LogP contribution < -0.4 is 206 Å². The molecule has 0 heterocycles. The third-order valence-electron chi connectivity index (χ3n) is 0. The fraction of sp³-hybridized carbons (Fsp3) is 0. The number of hydrogen-bond donors (Lipinski definition) is 0. The van der Waals surface area contributed by atoms with Crippen molar-refractivity contribution in [1.29, 1.82) is 0 Å². The maximum Gasteiger partial charge on any atom is 1.00 e. The summed E-state index contributed by atoms with van der Waals surface area (Å²) in [5.41, 5.74) is 0. The van der Waals surface area contributed by atoms with Crippen molar-refractivity contribution in [3.63, 3.8) is 0 Å². The molecule has 0 aliphatic rings. The van der Waals surface area contributed by atoms with Crippen LogP contribution in [0.5, 0.6) is 0 Å². The largest absolute Gasteiger partial charge is 1.00 e. The maximum atomic E-state index is 5.09. The molecular formula is Cl6HgK4. The standard InChI is InChI=1S/6ClH.Hg.4K/h6*1H;;;;;/q;;;;;;+2;4*+1/p-6. The van der Waals surface area contributed by atoms with Crippen LogP contribution >= 0.6 is 49.5 Å². The molecule has 0 aromatic carbocycles. The number of hydrogen-bond acceptors (Lipinski definition) is 0. The van der Waals surface area contributed by atoms with E-state index >= 15 is 0 Å². The van der Waals surface area contributed by atoms with Crippen molar-refractivity contribution in [2.24, 2.45) is 0 Å². The summed E-state index contributed by atoms with van der Waals surface area (Å²) in [5, 5.41) is 0. The van der Waals surface area contributed by atoms with Gasteiger partial charge in [0.2, 0.25) is 0 Å². The van der Waals surface area contributed by atoms with Gasteiger partial charge in [0.25, 0.3) is 0 Å². The van der Waals surface area contributed by atoms with Gasteiger partial charge in [-0.25, -0.2) is 0 Å². The molecule has 11 heteroatoms. The Morgan fingerprint density at radius 1 is 0.455 bits per heavy atom. The van der Waals surface area contributed by atoms with Crippen molar-refractivity contribution >= 4 is 49.5 Å². The maximum absolute atomic E-state index is 5.66. The van der Waals surface area contributed by atoms with E-state index in [2.05, 4.69) is 0 Å². The van der Waals surface area contributed by atoms with Gasteiger partial charge in [0, 0.05) is 0 Å². The normalized spacial score (nSPS) is 14.7. The third-order valence-corrected chi connectivity index (χ3v) is 0. The molecular weight excluding hydrogens is 570 g/mol. The van der Waals surface area contributed by atoms with Gasteiger partial charge in [0.05, 0.1) is 0 Å². The van der Waals surface area contributed by atoms with Gasteiger partial charge in [-0.3, -0.25) is 0 Å². The van der Waals surface area contributed by atoms with Crippen LogP contribution in [-0.2, 0) is 11.0 Å². The molecule has 0 atom stereocenters. The van der Waals surface area contributed by atoms with Crippen LogP contribution in [0.25, 0.3) is 0 Å². The molecule has 0 nitrogen and oxygen atoms in total. The summed E-state index contributed by atoms with van der Waals surface area (Å²) in [6.45, 7) is 0. The Hall–Kier alpha value is 9.22. The van der Waals surface area contributed by atoms with Crippen molar-refractivity contribution in [2.75, 3.05) is 0 Å². The molecule has 0 aliphatic carbocycles. The SMILES string of the molecule is [Cl][Hg-4]([Cl])([Cl])([Cl])([Cl])[Cl].[K+].[K+].[K+].[K+]. The summed E-state index contributed by atoms with van der Waals surface area (Å²) < 4.78 is 0. The molecule has 48 valence electrons. The van der Waals surface area contributed by atoms with Crippen LogP contribution in [0.2, 0.25) is 0 Å². The second-order valence-electron chi connectivity index (χ2n) is 1.52. The topological polar surface area (TPSA) is 0 Å². The van der Waals surface area contributed by atoms with E-state index in [9.17, 15) is 0 Å². The summed E-state index contributed by atoms with van der Waals surface area (Å²) in [5.74, 6) is 0. The Kier molecular flexibility index (Phi) is 31.9. The molecule has 0 N–H and O–H groups in total. The van der Waals surface area contributed by atoms with E-state index in [4.69, 9.17) is 49.5 Å². The van der Waals surface area contributed by atoms with Crippen LogP contribution in [0.1, 0.15) is 0 Å². The minimum Gasteiger partial charge on any atom is 1.00 e. The first-order chi connectivity index (χ1) is 2.45. The van der Waals surface area contributed by atoms with Crippen LogP contribution in [0.15, 0.2) is 0 Å². The Balaban J connectivity index is -0.0000000300. The van der Waals surface area contributed by atoms with Crippen LogP contribution in [0.4, 0.5) is 0 Å². The van der Waals surface area contributed by atoms with Gasteiger partial charge in [-0.05, 0) is 0 Å². The zero-order valence-corrected chi connectivity index (χ0v) is 29.5. The van der Waals surface area contributed by atoms with E-state index < -0.39 is 11.0 Å². The summed E-state index contributed by atoms with van der Waals surface area (Å²) >= 11 is 0. The second-order valence-corrected chi connectivity index (χ2v) is 120. The molecule has 0 bridgehead atoms. The predicted octanol–water partition coefficient (Wildman–Crippen LogP) is -7.85. The first-order valence-corrected chi connectivity index (χ1v) is 42.2. The minimum absolute atomic E-state index is 0. The van der Waals surface area contributed by atoms with E-state index in [1.54, 1.807) is 0 Å². The summed E-state index contributed by atoms with van der Waals surface area (Å²) in [4.78, 5) is 0. The molecule has 0 fully saturated rings. The quantitative estimate of drug-likeness (QED) is 0.255. The zero-order valence-electron chi connectivity index (χ0n) is 6.97. The van der Waals surface area contributed by atoms with Gasteiger partial charge in [0.15, 0.2) is 0 Å². The monoisotopic (exact) mass is 568 g/mol. The fourth-order valence-corrected chi connectivity index (χ4v) is 0. The molecule has 0 spiro atoms. The first kappa shape index (κ1) is 32.2. The zero-order chi connectivity index (χ0) is 6.41. The molecule has 0 radical (unpaired) electrons. The van der Waals surface area contributed by atoms with Gasteiger partial charge in [-0.15, -0.1) is 0 Å². The third kappa shape index (κ3) is 67.0. The molecule has 11 heavy (non-hydrogen) atoms. The molecule has 0 saturated carbocycles. The van der Waals surface area contributed by atoms with Gasteiger partial charge in [-0.1, -0.05) is 0 Å². The smallest absolute Gasteiger partial charge is 1.00 e.